The number of amides is 2. The van der Waals surface area contributed by atoms with Crippen molar-refractivity contribution in [3.8, 4) is 0 Å². The molecule has 1 fully saturated rings. The quantitative estimate of drug-likeness (QED) is 0.841. The van der Waals surface area contributed by atoms with Crippen LogP contribution in [0.1, 0.15) is 22.3 Å². The smallest absolute Gasteiger partial charge is 0.251 e. The number of likely N-dealkylation sites (tertiary alicyclic amines) is 1. The summed E-state index contributed by atoms with van der Waals surface area (Å²) in [7, 11) is 0. The van der Waals surface area contributed by atoms with Crippen LogP contribution in [0.4, 0.5) is 0 Å². The van der Waals surface area contributed by atoms with Crippen molar-refractivity contribution in [3.63, 3.8) is 0 Å². The van der Waals surface area contributed by atoms with Crippen molar-refractivity contribution < 1.29 is 14.7 Å². The Hall–Kier alpha value is -2.80. The molecule has 2 atom stereocenters. The van der Waals surface area contributed by atoms with Crippen LogP contribution in [0, 0.1) is 0 Å². The van der Waals surface area contributed by atoms with Gasteiger partial charge in [-0.3, -0.25) is 19.6 Å². The summed E-state index contributed by atoms with van der Waals surface area (Å²) in [6, 6.07) is 6.47. The zero-order chi connectivity index (χ0) is 17.6. The highest BCUT2D eigenvalue weighted by atomic mass is 16.3. The van der Waals surface area contributed by atoms with Gasteiger partial charge in [0, 0.05) is 43.4 Å². The number of nitrogens with zero attached hydrogens (tertiary/aromatic N) is 3. The van der Waals surface area contributed by atoms with Gasteiger partial charge in [-0.15, -0.1) is 0 Å². The van der Waals surface area contributed by atoms with E-state index in [9.17, 15) is 14.7 Å². The zero-order valence-electron chi connectivity index (χ0n) is 13.7. The van der Waals surface area contributed by atoms with Gasteiger partial charge in [-0.05, 0) is 36.2 Å². The van der Waals surface area contributed by atoms with Gasteiger partial charge >= 0.3 is 0 Å². The highest BCUT2D eigenvalue weighted by molar-refractivity contribution is 5.94. The largest absolute Gasteiger partial charge is 0.389 e. The molecule has 2 aromatic heterocycles. The Balaban J connectivity index is 1.53. The van der Waals surface area contributed by atoms with E-state index in [-0.39, 0.29) is 30.8 Å². The van der Waals surface area contributed by atoms with Gasteiger partial charge in [0.1, 0.15) is 0 Å². The summed E-state index contributed by atoms with van der Waals surface area (Å²) in [5.41, 5.74) is 1.39. The van der Waals surface area contributed by atoms with Gasteiger partial charge in [-0.2, -0.15) is 0 Å². The second-order valence-corrected chi connectivity index (χ2v) is 6.04. The molecule has 2 aromatic rings. The molecule has 1 aliphatic heterocycles. The molecule has 1 saturated heterocycles. The first kappa shape index (κ1) is 17.0. The van der Waals surface area contributed by atoms with Gasteiger partial charge in [0.25, 0.3) is 5.91 Å². The van der Waals surface area contributed by atoms with Crippen molar-refractivity contribution in [1.82, 2.24) is 20.2 Å². The third-order valence-electron chi connectivity index (χ3n) is 4.30. The average molecular weight is 340 g/mol. The number of aromatic nitrogens is 2. The fourth-order valence-corrected chi connectivity index (χ4v) is 2.87. The standard InChI is InChI=1S/C18H20N4O3/c23-16-12-22(17(24)11-13-1-6-19-7-2-13)10-5-15(16)21-18(25)14-3-8-20-9-4-14/h1-4,6-9,15-16,23H,5,10-12H2,(H,21,25)/t15-,16-/m1/s1. The third kappa shape index (κ3) is 4.39. The number of rotatable bonds is 4. The molecule has 0 radical (unpaired) electrons. The lowest BCUT2D eigenvalue weighted by molar-refractivity contribution is -0.134. The molecular weight excluding hydrogens is 320 g/mol. The lowest BCUT2D eigenvalue weighted by Crippen LogP contribution is -2.55. The van der Waals surface area contributed by atoms with E-state index in [1.165, 1.54) is 0 Å². The molecular formula is C18H20N4O3. The third-order valence-corrected chi connectivity index (χ3v) is 4.30. The lowest BCUT2D eigenvalue weighted by atomic mass is 10.0. The molecule has 2 N–H and O–H groups in total. The van der Waals surface area contributed by atoms with Crippen LogP contribution < -0.4 is 5.32 Å². The maximum absolute atomic E-state index is 12.4. The van der Waals surface area contributed by atoms with E-state index in [2.05, 4.69) is 15.3 Å². The van der Waals surface area contributed by atoms with E-state index < -0.39 is 6.10 Å². The van der Waals surface area contributed by atoms with Gasteiger partial charge in [0.2, 0.25) is 5.91 Å². The van der Waals surface area contributed by atoms with Crippen LogP contribution in [0.5, 0.6) is 0 Å². The minimum absolute atomic E-state index is 0.0378. The fraction of sp³-hybridized carbons (Fsp3) is 0.333. The number of carbonyl (C=O) groups excluding carboxylic acids is 2. The Morgan fingerprint density at radius 2 is 1.76 bits per heavy atom. The molecule has 130 valence electrons. The van der Waals surface area contributed by atoms with Crippen molar-refractivity contribution in [2.45, 2.75) is 25.0 Å². The molecule has 3 heterocycles. The number of carbonyl (C=O) groups is 2. The van der Waals surface area contributed by atoms with Crippen molar-refractivity contribution >= 4 is 11.8 Å². The Labute approximate surface area is 145 Å². The van der Waals surface area contributed by atoms with Crippen LogP contribution in [0.15, 0.2) is 49.1 Å². The maximum atomic E-state index is 12.4. The van der Waals surface area contributed by atoms with Crippen molar-refractivity contribution in [3.05, 3.63) is 60.2 Å². The van der Waals surface area contributed by atoms with Crippen LogP contribution in [-0.4, -0.2) is 57.0 Å². The highest BCUT2D eigenvalue weighted by Crippen LogP contribution is 2.14. The second-order valence-electron chi connectivity index (χ2n) is 6.04. The van der Waals surface area contributed by atoms with Crippen molar-refractivity contribution in [2.24, 2.45) is 0 Å². The van der Waals surface area contributed by atoms with E-state index in [0.29, 0.717) is 18.5 Å². The molecule has 7 heteroatoms. The molecule has 3 rings (SSSR count). The van der Waals surface area contributed by atoms with Crippen LogP contribution in [0.2, 0.25) is 0 Å². The molecule has 1 aliphatic rings. The van der Waals surface area contributed by atoms with E-state index in [4.69, 9.17) is 0 Å². The monoisotopic (exact) mass is 340 g/mol. The molecule has 7 nitrogen and oxygen atoms in total. The maximum Gasteiger partial charge on any atom is 0.251 e. The number of β-amino-alcohol motifs (C(OH)–C–C–N with tert-alkyl or cyclic N) is 1. The topological polar surface area (TPSA) is 95.4 Å². The fourth-order valence-electron chi connectivity index (χ4n) is 2.87. The molecule has 0 aromatic carbocycles. The summed E-state index contributed by atoms with van der Waals surface area (Å²) in [5.74, 6) is -0.285. The lowest BCUT2D eigenvalue weighted by Gasteiger charge is -2.36. The zero-order valence-corrected chi connectivity index (χ0v) is 13.7. The van der Waals surface area contributed by atoms with Gasteiger partial charge in [0.15, 0.2) is 0 Å². The summed E-state index contributed by atoms with van der Waals surface area (Å²) in [5, 5.41) is 13.2. The van der Waals surface area contributed by atoms with Gasteiger partial charge in [-0.1, -0.05) is 0 Å². The van der Waals surface area contributed by atoms with Crippen LogP contribution in [-0.2, 0) is 11.2 Å². The van der Waals surface area contributed by atoms with Crippen LogP contribution in [0.25, 0.3) is 0 Å². The first-order chi connectivity index (χ1) is 12.1. The molecule has 25 heavy (non-hydrogen) atoms. The van der Waals surface area contributed by atoms with Crippen molar-refractivity contribution in [2.75, 3.05) is 13.1 Å². The average Bonchev–Trinajstić information content (AvgIpc) is 2.65. The van der Waals surface area contributed by atoms with Crippen LogP contribution >= 0.6 is 0 Å². The summed E-state index contributed by atoms with van der Waals surface area (Å²) in [6.07, 6.45) is 6.40. The Morgan fingerprint density at radius 1 is 1.12 bits per heavy atom. The second kappa shape index (κ2) is 7.85. The first-order valence-corrected chi connectivity index (χ1v) is 8.19. The Morgan fingerprint density at radius 3 is 2.40 bits per heavy atom. The van der Waals surface area contributed by atoms with Crippen LogP contribution in [0.3, 0.4) is 0 Å². The number of aliphatic hydroxyl groups excluding tert-OH is 1. The molecule has 0 bridgehead atoms. The molecule has 2 amide bonds. The minimum atomic E-state index is -0.791. The number of hydrogen-bond donors (Lipinski definition) is 2. The minimum Gasteiger partial charge on any atom is -0.389 e. The normalized spacial score (nSPS) is 20.1. The van der Waals surface area contributed by atoms with E-state index in [0.717, 1.165) is 5.56 Å². The molecule has 0 saturated carbocycles. The SMILES string of the molecule is O=C(N[C@@H]1CCN(C(=O)Cc2ccncc2)C[C@H]1O)c1ccncc1. The summed E-state index contributed by atoms with van der Waals surface area (Å²) < 4.78 is 0. The molecule has 0 aliphatic carbocycles. The number of piperidine rings is 1. The molecule has 0 spiro atoms. The first-order valence-electron chi connectivity index (χ1n) is 8.19. The Bertz CT molecular complexity index is 724. The van der Waals surface area contributed by atoms with E-state index >= 15 is 0 Å². The Kier molecular flexibility index (Phi) is 5.35. The summed E-state index contributed by atoms with van der Waals surface area (Å²) in [6.45, 7) is 0.716. The van der Waals surface area contributed by atoms with Gasteiger partial charge in [-0.25, -0.2) is 0 Å². The molecule has 0 unspecified atom stereocenters. The van der Waals surface area contributed by atoms with E-state index in [1.807, 2.05) is 0 Å². The number of hydrogen-bond acceptors (Lipinski definition) is 5. The number of pyridine rings is 2. The highest BCUT2D eigenvalue weighted by Gasteiger charge is 2.31. The van der Waals surface area contributed by atoms with Crippen molar-refractivity contribution in [1.29, 1.82) is 0 Å². The number of nitrogens with one attached hydrogen (secondary N) is 1. The predicted octanol–water partition coefficient (Wildman–Crippen LogP) is 0.411. The summed E-state index contributed by atoms with van der Waals surface area (Å²) in [4.78, 5) is 34.0. The van der Waals surface area contributed by atoms with Gasteiger partial charge in [0.05, 0.1) is 18.6 Å². The van der Waals surface area contributed by atoms with Gasteiger partial charge < -0.3 is 15.3 Å². The predicted molar refractivity (Wildman–Crippen MR) is 90.6 cm³/mol. The van der Waals surface area contributed by atoms with E-state index in [1.54, 1.807) is 54.0 Å². The number of aliphatic hydroxyl groups is 1. The summed E-state index contributed by atoms with van der Waals surface area (Å²) >= 11 is 0.